The summed E-state index contributed by atoms with van der Waals surface area (Å²) in [4.78, 5) is 11.9. The summed E-state index contributed by atoms with van der Waals surface area (Å²) in [6, 6.07) is 14.6. The van der Waals surface area contributed by atoms with Crippen molar-refractivity contribution in [3.8, 4) is 5.69 Å². The lowest BCUT2D eigenvalue weighted by Crippen LogP contribution is -2.17. The molecule has 0 aliphatic rings. The summed E-state index contributed by atoms with van der Waals surface area (Å²) in [6.45, 7) is 1.77. The Balaban J connectivity index is 1.79. The molecule has 1 amide bonds. The molecule has 0 saturated carbocycles. The molecule has 126 valence electrons. The lowest BCUT2D eigenvalue weighted by Gasteiger charge is -2.02. The number of carbonyl (C=O) groups excluding carboxylic acids is 1. The summed E-state index contributed by atoms with van der Waals surface area (Å²) < 4.78 is 14.5. The maximum absolute atomic E-state index is 13.0. The Kier molecular flexibility index (Phi) is 4.90. The molecule has 5 nitrogen and oxygen atoms in total. The Hall–Kier alpha value is -2.99. The van der Waals surface area contributed by atoms with Gasteiger partial charge >= 0.3 is 0 Å². The number of nitrogens with one attached hydrogen (secondary N) is 1. The van der Waals surface area contributed by atoms with Gasteiger partial charge < -0.3 is 0 Å². The predicted molar refractivity (Wildman–Crippen MR) is 94.8 cm³/mol. The highest BCUT2D eigenvalue weighted by Crippen LogP contribution is 2.22. The highest BCUT2D eigenvalue weighted by atomic mass is 35.5. The molecular formula is C18H14ClFN4O. The standard InChI is InChI=1S/C18H14ClFN4O/c1-12-16(11-21-22-18(25)13-5-3-2-4-6-13)17(19)24(23-12)15-9-7-14(20)8-10-15/h2-11H,1H3,(H,22,25)/b21-11+. The molecular weight excluding hydrogens is 343 g/mol. The first-order chi connectivity index (χ1) is 12.1. The van der Waals surface area contributed by atoms with Gasteiger partial charge in [0.15, 0.2) is 0 Å². The van der Waals surface area contributed by atoms with Crippen molar-refractivity contribution in [1.29, 1.82) is 0 Å². The molecule has 25 heavy (non-hydrogen) atoms. The Morgan fingerprint density at radius 1 is 1.20 bits per heavy atom. The molecule has 1 N–H and O–H groups in total. The van der Waals surface area contributed by atoms with Gasteiger partial charge in [-0.2, -0.15) is 10.2 Å². The zero-order valence-corrected chi connectivity index (χ0v) is 14.0. The Labute approximate surface area is 148 Å². The minimum absolute atomic E-state index is 0.321. The second-order valence-corrected chi connectivity index (χ2v) is 5.60. The van der Waals surface area contributed by atoms with Gasteiger partial charge in [-0.15, -0.1) is 0 Å². The first-order valence-corrected chi connectivity index (χ1v) is 7.83. The molecule has 1 aromatic heterocycles. The van der Waals surface area contributed by atoms with Crippen molar-refractivity contribution in [2.24, 2.45) is 5.10 Å². The van der Waals surface area contributed by atoms with Gasteiger partial charge in [-0.05, 0) is 43.3 Å². The monoisotopic (exact) mass is 356 g/mol. The number of rotatable bonds is 4. The molecule has 0 spiro atoms. The lowest BCUT2D eigenvalue weighted by molar-refractivity contribution is 0.0955. The number of halogens is 2. The van der Waals surface area contributed by atoms with E-state index in [9.17, 15) is 9.18 Å². The molecule has 0 saturated heterocycles. The number of aryl methyl sites for hydroxylation is 1. The van der Waals surface area contributed by atoms with Gasteiger partial charge in [-0.3, -0.25) is 4.79 Å². The average molecular weight is 357 g/mol. The van der Waals surface area contributed by atoms with Crippen LogP contribution in [0, 0.1) is 12.7 Å². The van der Waals surface area contributed by atoms with Crippen LogP contribution in [0.25, 0.3) is 5.69 Å². The minimum atomic E-state index is -0.339. The summed E-state index contributed by atoms with van der Waals surface area (Å²) in [5.74, 6) is -0.661. The minimum Gasteiger partial charge on any atom is -0.267 e. The van der Waals surface area contributed by atoms with E-state index in [0.717, 1.165) is 0 Å². The van der Waals surface area contributed by atoms with E-state index in [1.807, 2.05) is 6.07 Å². The lowest BCUT2D eigenvalue weighted by atomic mass is 10.2. The second-order valence-electron chi connectivity index (χ2n) is 5.24. The number of hydrazone groups is 1. The van der Waals surface area contributed by atoms with Gasteiger partial charge in [0.1, 0.15) is 11.0 Å². The van der Waals surface area contributed by atoms with Crippen LogP contribution in [-0.2, 0) is 0 Å². The molecule has 3 rings (SSSR count). The molecule has 0 bridgehead atoms. The zero-order chi connectivity index (χ0) is 17.8. The Morgan fingerprint density at radius 2 is 1.88 bits per heavy atom. The van der Waals surface area contributed by atoms with Crippen LogP contribution in [0.5, 0.6) is 0 Å². The largest absolute Gasteiger partial charge is 0.271 e. The summed E-state index contributed by atoms with van der Waals surface area (Å²) in [6.07, 6.45) is 1.44. The van der Waals surface area contributed by atoms with Crippen molar-refractivity contribution in [3.05, 3.63) is 82.4 Å². The fourth-order valence-electron chi connectivity index (χ4n) is 2.22. The van der Waals surface area contributed by atoms with Crippen molar-refractivity contribution in [2.75, 3.05) is 0 Å². The van der Waals surface area contributed by atoms with E-state index in [4.69, 9.17) is 11.6 Å². The molecule has 3 aromatic rings. The van der Waals surface area contributed by atoms with E-state index < -0.39 is 0 Å². The first kappa shape index (κ1) is 16.9. The fraction of sp³-hybridized carbons (Fsp3) is 0.0556. The summed E-state index contributed by atoms with van der Waals surface area (Å²) in [7, 11) is 0. The third kappa shape index (κ3) is 3.75. The highest BCUT2D eigenvalue weighted by Gasteiger charge is 2.13. The number of nitrogens with zero attached hydrogens (tertiary/aromatic N) is 3. The maximum Gasteiger partial charge on any atom is 0.271 e. The molecule has 0 fully saturated rings. The predicted octanol–water partition coefficient (Wildman–Crippen LogP) is 3.74. The third-order valence-electron chi connectivity index (χ3n) is 3.51. The normalized spacial score (nSPS) is 11.0. The van der Waals surface area contributed by atoms with E-state index in [-0.39, 0.29) is 11.7 Å². The van der Waals surface area contributed by atoms with Gasteiger partial charge in [-0.25, -0.2) is 14.5 Å². The van der Waals surface area contributed by atoms with Crippen LogP contribution in [0.1, 0.15) is 21.6 Å². The van der Waals surface area contributed by atoms with Gasteiger partial charge in [0.2, 0.25) is 0 Å². The van der Waals surface area contributed by atoms with Crippen LogP contribution in [0.3, 0.4) is 0 Å². The summed E-state index contributed by atoms with van der Waals surface area (Å²) in [5, 5.41) is 8.58. The second kappa shape index (κ2) is 7.27. The van der Waals surface area contributed by atoms with Crippen LogP contribution in [0.2, 0.25) is 5.15 Å². The van der Waals surface area contributed by atoms with Gasteiger partial charge in [-0.1, -0.05) is 29.8 Å². The maximum atomic E-state index is 13.0. The SMILES string of the molecule is Cc1nn(-c2ccc(F)cc2)c(Cl)c1/C=N/NC(=O)c1ccccc1. The average Bonchev–Trinajstić information content (AvgIpc) is 2.91. The van der Waals surface area contributed by atoms with Crippen molar-refractivity contribution >= 4 is 23.7 Å². The van der Waals surface area contributed by atoms with Crippen LogP contribution in [-0.4, -0.2) is 21.9 Å². The van der Waals surface area contributed by atoms with E-state index in [2.05, 4.69) is 15.6 Å². The molecule has 0 aliphatic heterocycles. The van der Waals surface area contributed by atoms with Gasteiger partial charge in [0.05, 0.1) is 23.2 Å². The Bertz CT molecular complexity index is 920. The molecule has 0 aliphatic carbocycles. The van der Waals surface area contributed by atoms with E-state index in [1.165, 1.54) is 23.0 Å². The number of hydrogen-bond acceptors (Lipinski definition) is 3. The first-order valence-electron chi connectivity index (χ1n) is 7.46. The molecule has 7 heteroatoms. The Morgan fingerprint density at radius 3 is 2.56 bits per heavy atom. The molecule has 2 aromatic carbocycles. The molecule has 1 heterocycles. The topological polar surface area (TPSA) is 59.3 Å². The third-order valence-corrected chi connectivity index (χ3v) is 3.88. The van der Waals surface area contributed by atoms with Crippen LogP contribution < -0.4 is 5.43 Å². The quantitative estimate of drug-likeness (QED) is 0.572. The summed E-state index contributed by atoms with van der Waals surface area (Å²) >= 11 is 6.34. The van der Waals surface area contributed by atoms with Gasteiger partial charge in [0.25, 0.3) is 5.91 Å². The number of benzene rings is 2. The van der Waals surface area contributed by atoms with Crippen molar-refractivity contribution < 1.29 is 9.18 Å². The highest BCUT2D eigenvalue weighted by molar-refractivity contribution is 6.32. The zero-order valence-electron chi connectivity index (χ0n) is 13.3. The van der Waals surface area contributed by atoms with Crippen LogP contribution in [0.4, 0.5) is 4.39 Å². The smallest absolute Gasteiger partial charge is 0.267 e. The summed E-state index contributed by atoms with van der Waals surface area (Å²) in [5.41, 5.74) is 4.78. The van der Waals surface area contributed by atoms with E-state index in [0.29, 0.717) is 27.7 Å². The van der Waals surface area contributed by atoms with E-state index in [1.54, 1.807) is 43.3 Å². The van der Waals surface area contributed by atoms with Crippen LogP contribution >= 0.6 is 11.6 Å². The number of amides is 1. The number of carbonyl (C=O) groups is 1. The fourth-order valence-corrected chi connectivity index (χ4v) is 2.54. The number of aromatic nitrogens is 2. The number of hydrogen-bond donors (Lipinski definition) is 1. The molecule has 0 radical (unpaired) electrons. The van der Waals surface area contributed by atoms with Gasteiger partial charge in [0, 0.05) is 5.56 Å². The van der Waals surface area contributed by atoms with E-state index >= 15 is 0 Å². The molecule has 0 atom stereocenters. The molecule has 0 unspecified atom stereocenters. The van der Waals surface area contributed by atoms with Crippen molar-refractivity contribution in [2.45, 2.75) is 6.92 Å². The van der Waals surface area contributed by atoms with Crippen LogP contribution in [0.15, 0.2) is 59.7 Å². The van der Waals surface area contributed by atoms with Crippen molar-refractivity contribution in [3.63, 3.8) is 0 Å². The van der Waals surface area contributed by atoms with Crippen molar-refractivity contribution in [1.82, 2.24) is 15.2 Å².